The van der Waals surface area contributed by atoms with Crippen LogP contribution in [0.3, 0.4) is 0 Å². The number of carbonyl (C=O) groups excluding carboxylic acids is 2. The van der Waals surface area contributed by atoms with Crippen LogP contribution >= 0.6 is 0 Å². The van der Waals surface area contributed by atoms with Gasteiger partial charge in [0, 0.05) is 17.3 Å². The molecule has 0 aliphatic rings. The molecule has 0 aliphatic heterocycles. The molecule has 0 spiro atoms. The number of benzene rings is 1. The Bertz CT molecular complexity index is 698. The summed E-state index contributed by atoms with van der Waals surface area (Å²) in [5, 5.41) is 16.3. The van der Waals surface area contributed by atoms with Crippen molar-refractivity contribution < 1.29 is 9.59 Å². The number of nitrogens with zero attached hydrogens (tertiary/aromatic N) is 2. The highest BCUT2D eigenvalue weighted by Gasteiger charge is 2.06. The number of amides is 2. The Labute approximate surface area is 134 Å². The van der Waals surface area contributed by atoms with Crippen molar-refractivity contribution in [2.75, 3.05) is 10.6 Å². The SMILES string of the molecule is CC(=O)c1cccc(Nc2ccc(NC(=O)NC(C)C)nn2)c1. The first-order valence-electron chi connectivity index (χ1n) is 7.23. The van der Waals surface area contributed by atoms with Crippen molar-refractivity contribution in [2.24, 2.45) is 0 Å². The second-order valence-corrected chi connectivity index (χ2v) is 5.32. The lowest BCUT2D eigenvalue weighted by atomic mass is 10.1. The van der Waals surface area contributed by atoms with E-state index in [2.05, 4.69) is 26.1 Å². The first-order chi connectivity index (χ1) is 10.9. The number of anilines is 3. The molecule has 0 aliphatic carbocycles. The number of hydrogen-bond donors (Lipinski definition) is 3. The maximum Gasteiger partial charge on any atom is 0.320 e. The summed E-state index contributed by atoms with van der Waals surface area (Å²) >= 11 is 0. The van der Waals surface area contributed by atoms with Gasteiger partial charge in [0.2, 0.25) is 0 Å². The van der Waals surface area contributed by atoms with E-state index in [4.69, 9.17) is 0 Å². The summed E-state index contributed by atoms with van der Waals surface area (Å²) < 4.78 is 0. The maximum atomic E-state index is 11.6. The molecule has 7 heteroatoms. The topological polar surface area (TPSA) is 96.0 Å². The molecule has 2 rings (SSSR count). The van der Waals surface area contributed by atoms with Crippen molar-refractivity contribution in [3.8, 4) is 0 Å². The van der Waals surface area contributed by atoms with Crippen LogP contribution in [0.5, 0.6) is 0 Å². The van der Waals surface area contributed by atoms with Gasteiger partial charge in [-0.2, -0.15) is 0 Å². The molecule has 3 N–H and O–H groups in total. The van der Waals surface area contributed by atoms with Crippen LogP contribution in [0.15, 0.2) is 36.4 Å². The number of ketones is 1. The molecule has 1 heterocycles. The van der Waals surface area contributed by atoms with Crippen LogP contribution in [0.25, 0.3) is 0 Å². The molecule has 2 amide bonds. The van der Waals surface area contributed by atoms with Gasteiger partial charge in [-0.3, -0.25) is 10.1 Å². The number of carbonyl (C=O) groups is 2. The zero-order valence-electron chi connectivity index (χ0n) is 13.3. The monoisotopic (exact) mass is 313 g/mol. The van der Waals surface area contributed by atoms with Crippen LogP contribution in [0.4, 0.5) is 22.1 Å². The van der Waals surface area contributed by atoms with Gasteiger partial charge in [-0.1, -0.05) is 12.1 Å². The zero-order chi connectivity index (χ0) is 16.8. The minimum atomic E-state index is -0.329. The van der Waals surface area contributed by atoms with E-state index in [1.54, 1.807) is 30.3 Å². The summed E-state index contributed by atoms with van der Waals surface area (Å²) in [7, 11) is 0. The van der Waals surface area contributed by atoms with E-state index >= 15 is 0 Å². The van der Waals surface area contributed by atoms with E-state index in [-0.39, 0.29) is 17.9 Å². The van der Waals surface area contributed by atoms with Gasteiger partial charge in [-0.15, -0.1) is 10.2 Å². The van der Waals surface area contributed by atoms with Crippen molar-refractivity contribution in [1.82, 2.24) is 15.5 Å². The maximum absolute atomic E-state index is 11.6. The van der Waals surface area contributed by atoms with E-state index in [0.29, 0.717) is 17.2 Å². The first-order valence-corrected chi connectivity index (χ1v) is 7.23. The van der Waals surface area contributed by atoms with Gasteiger partial charge in [0.25, 0.3) is 0 Å². The molecule has 1 aromatic carbocycles. The van der Waals surface area contributed by atoms with Gasteiger partial charge in [0.1, 0.15) is 0 Å². The fourth-order valence-corrected chi connectivity index (χ4v) is 1.84. The second-order valence-electron chi connectivity index (χ2n) is 5.32. The molecule has 23 heavy (non-hydrogen) atoms. The van der Waals surface area contributed by atoms with E-state index in [9.17, 15) is 9.59 Å². The summed E-state index contributed by atoms with van der Waals surface area (Å²) in [5.41, 5.74) is 1.36. The average Bonchev–Trinajstić information content (AvgIpc) is 2.48. The molecule has 0 fully saturated rings. The summed E-state index contributed by atoms with van der Waals surface area (Å²) in [6.07, 6.45) is 0. The van der Waals surface area contributed by atoms with E-state index < -0.39 is 0 Å². The van der Waals surface area contributed by atoms with Crippen LogP contribution in [0.2, 0.25) is 0 Å². The third-order valence-electron chi connectivity index (χ3n) is 2.87. The Kier molecular flexibility index (Phi) is 5.24. The Morgan fingerprint density at radius 1 is 1.04 bits per heavy atom. The smallest absolute Gasteiger partial charge is 0.320 e. The second kappa shape index (κ2) is 7.35. The molecule has 0 saturated carbocycles. The van der Waals surface area contributed by atoms with Crippen molar-refractivity contribution in [3.63, 3.8) is 0 Å². The minimum absolute atomic E-state index is 0.00422. The largest absolute Gasteiger partial charge is 0.339 e. The van der Waals surface area contributed by atoms with Crippen molar-refractivity contribution in [2.45, 2.75) is 26.8 Å². The number of rotatable bonds is 5. The third kappa shape index (κ3) is 5.06. The molecule has 0 saturated heterocycles. The molecule has 0 unspecified atom stereocenters. The highest BCUT2D eigenvalue weighted by atomic mass is 16.2. The Morgan fingerprint density at radius 3 is 2.35 bits per heavy atom. The predicted octanol–water partition coefficient (Wildman–Crippen LogP) is 2.95. The van der Waals surface area contributed by atoms with Crippen LogP contribution in [0.1, 0.15) is 31.1 Å². The minimum Gasteiger partial charge on any atom is -0.339 e. The predicted molar refractivity (Wildman–Crippen MR) is 89.1 cm³/mol. The lowest BCUT2D eigenvalue weighted by molar-refractivity contribution is 0.101. The van der Waals surface area contributed by atoms with Crippen molar-refractivity contribution >= 4 is 29.1 Å². The van der Waals surface area contributed by atoms with Gasteiger partial charge in [-0.25, -0.2) is 4.79 Å². The zero-order valence-corrected chi connectivity index (χ0v) is 13.3. The quantitative estimate of drug-likeness (QED) is 0.738. The summed E-state index contributed by atoms with van der Waals surface area (Å²) in [6.45, 7) is 5.25. The van der Waals surface area contributed by atoms with E-state index in [0.717, 1.165) is 5.69 Å². The fraction of sp³-hybridized carbons (Fsp3) is 0.250. The van der Waals surface area contributed by atoms with Crippen molar-refractivity contribution in [3.05, 3.63) is 42.0 Å². The van der Waals surface area contributed by atoms with Crippen LogP contribution in [0, 0.1) is 0 Å². The van der Waals surface area contributed by atoms with Crippen LogP contribution < -0.4 is 16.0 Å². The number of urea groups is 1. The van der Waals surface area contributed by atoms with E-state index in [1.165, 1.54) is 6.92 Å². The van der Waals surface area contributed by atoms with Gasteiger partial charge >= 0.3 is 6.03 Å². The van der Waals surface area contributed by atoms with Crippen molar-refractivity contribution in [1.29, 1.82) is 0 Å². The molecule has 0 atom stereocenters. The van der Waals surface area contributed by atoms with Crippen LogP contribution in [-0.2, 0) is 0 Å². The average molecular weight is 313 g/mol. The lowest BCUT2D eigenvalue weighted by Gasteiger charge is -2.10. The first kappa shape index (κ1) is 16.4. The molecule has 0 bridgehead atoms. The Hall–Kier alpha value is -2.96. The van der Waals surface area contributed by atoms with Gasteiger partial charge < -0.3 is 10.6 Å². The normalized spacial score (nSPS) is 10.3. The number of nitrogens with one attached hydrogen (secondary N) is 3. The van der Waals surface area contributed by atoms with Gasteiger partial charge in [-0.05, 0) is 45.0 Å². The molecular formula is C16H19N5O2. The van der Waals surface area contributed by atoms with E-state index in [1.807, 2.05) is 19.9 Å². The molecule has 1 aromatic heterocycles. The molecule has 120 valence electrons. The molecule has 0 radical (unpaired) electrons. The third-order valence-corrected chi connectivity index (χ3v) is 2.87. The Balaban J connectivity index is 2.01. The van der Waals surface area contributed by atoms with Gasteiger partial charge in [0.15, 0.2) is 17.4 Å². The van der Waals surface area contributed by atoms with Gasteiger partial charge in [0.05, 0.1) is 0 Å². The fourth-order valence-electron chi connectivity index (χ4n) is 1.84. The highest BCUT2D eigenvalue weighted by Crippen LogP contribution is 2.16. The van der Waals surface area contributed by atoms with Crippen LogP contribution in [-0.4, -0.2) is 28.1 Å². The molecular weight excluding hydrogens is 294 g/mol. The number of hydrogen-bond acceptors (Lipinski definition) is 5. The standard InChI is InChI=1S/C16H19N5O2/c1-10(2)17-16(23)19-15-8-7-14(20-21-15)18-13-6-4-5-12(9-13)11(3)22/h4-10H,1-3H3,(H,18,20)(H2,17,19,21,23). The highest BCUT2D eigenvalue weighted by molar-refractivity contribution is 5.95. The lowest BCUT2D eigenvalue weighted by Crippen LogP contribution is -2.34. The molecule has 7 nitrogen and oxygen atoms in total. The summed E-state index contributed by atoms with van der Waals surface area (Å²) in [4.78, 5) is 22.9. The summed E-state index contributed by atoms with van der Waals surface area (Å²) in [5.74, 6) is 0.863. The molecule has 2 aromatic rings. The number of Topliss-reactive ketones (excluding diaryl/α,β-unsaturated/α-hetero) is 1. The summed E-state index contributed by atoms with van der Waals surface area (Å²) in [6, 6.07) is 10.2. The number of aromatic nitrogens is 2. The Morgan fingerprint density at radius 2 is 1.74 bits per heavy atom.